The number of piperazine rings is 1. The average Bonchev–Trinajstić information content (AvgIpc) is 2.30. The van der Waals surface area contributed by atoms with Crippen LogP contribution in [0, 0.1) is 10.1 Å². The Morgan fingerprint density at radius 1 is 1.28 bits per heavy atom. The highest BCUT2D eigenvalue weighted by atomic mass is 35.5. The number of anilines is 1. The molecule has 7 heteroatoms. The van der Waals surface area contributed by atoms with Gasteiger partial charge in [-0.05, 0) is 19.2 Å². The Bertz CT molecular complexity index is 434. The SMILES string of the molecule is CN1CCN(c2ccc(Cl)cc2[N+](=O)[O-])CC1.[Cl-]. The van der Waals surface area contributed by atoms with E-state index in [9.17, 15) is 10.1 Å². The molecule has 0 radical (unpaired) electrons. The van der Waals surface area contributed by atoms with Crippen LogP contribution >= 0.6 is 11.6 Å². The Morgan fingerprint density at radius 2 is 1.89 bits per heavy atom. The molecule has 100 valence electrons. The van der Waals surface area contributed by atoms with Gasteiger partial charge in [0.2, 0.25) is 0 Å². The molecule has 1 heterocycles. The van der Waals surface area contributed by atoms with Crippen molar-refractivity contribution in [3.8, 4) is 0 Å². The van der Waals surface area contributed by atoms with Crippen molar-refractivity contribution in [2.24, 2.45) is 0 Å². The van der Waals surface area contributed by atoms with Crippen LogP contribution in [0.3, 0.4) is 0 Å². The van der Waals surface area contributed by atoms with E-state index in [-0.39, 0.29) is 23.0 Å². The van der Waals surface area contributed by atoms with E-state index in [0.29, 0.717) is 10.7 Å². The monoisotopic (exact) mass is 290 g/mol. The third-order valence-corrected chi connectivity index (χ3v) is 3.21. The van der Waals surface area contributed by atoms with Gasteiger partial charge in [-0.25, -0.2) is 0 Å². The molecular weight excluding hydrogens is 277 g/mol. The summed E-state index contributed by atoms with van der Waals surface area (Å²) in [5.41, 5.74) is 0.745. The Balaban J connectivity index is 0.00000162. The molecule has 1 aliphatic heterocycles. The number of hydrogen-bond donors (Lipinski definition) is 0. The van der Waals surface area contributed by atoms with Crippen LogP contribution in [0.4, 0.5) is 11.4 Å². The predicted octanol–water partition coefficient (Wildman–Crippen LogP) is -0.996. The lowest BCUT2D eigenvalue weighted by molar-refractivity contribution is -0.384. The lowest BCUT2D eigenvalue weighted by Gasteiger charge is -2.33. The summed E-state index contributed by atoms with van der Waals surface area (Å²) in [5, 5.41) is 11.4. The maximum Gasteiger partial charge on any atom is 0.294 e. The number of benzene rings is 1. The molecule has 0 N–H and O–H groups in total. The molecule has 2 rings (SSSR count). The standard InChI is InChI=1S/C11H14ClN3O2.ClH/c1-13-4-6-14(7-5-13)10-3-2-9(12)8-11(10)15(16)17;/h2-3,8H,4-7H2,1H3;1H/p-1. The highest BCUT2D eigenvalue weighted by Crippen LogP contribution is 2.31. The van der Waals surface area contributed by atoms with Gasteiger partial charge in [-0.1, -0.05) is 11.6 Å². The van der Waals surface area contributed by atoms with Crippen molar-refractivity contribution in [2.75, 3.05) is 38.1 Å². The van der Waals surface area contributed by atoms with Gasteiger partial charge in [0, 0.05) is 37.3 Å². The lowest BCUT2D eigenvalue weighted by Crippen LogP contribution is -3.00. The first kappa shape index (κ1) is 15.0. The summed E-state index contributed by atoms with van der Waals surface area (Å²) in [6, 6.07) is 4.84. The molecule has 1 fully saturated rings. The van der Waals surface area contributed by atoms with Crippen LogP contribution in [0.25, 0.3) is 0 Å². The van der Waals surface area contributed by atoms with Gasteiger partial charge in [-0.2, -0.15) is 0 Å². The molecule has 0 atom stereocenters. The minimum atomic E-state index is -0.375. The number of nitrogens with zero attached hydrogens (tertiary/aromatic N) is 3. The van der Waals surface area contributed by atoms with Gasteiger partial charge in [-0.15, -0.1) is 0 Å². The molecule has 1 saturated heterocycles. The smallest absolute Gasteiger partial charge is 0.294 e. The van der Waals surface area contributed by atoms with Crippen LogP contribution in [0.1, 0.15) is 0 Å². The van der Waals surface area contributed by atoms with E-state index in [1.165, 1.54) is 6.07 Å². The minimum absolute atomic E-state index is 0. The van der Waals surface area contributed by atoms with E-state index in [2.05, 4.69) is 4.90 Å². The predicted molar refractivity (Wildman–Crippen MR) is 67.8 cm³/mol. The molecule has 0 amide bonds. The van der Waals surface area contributed by atoms with E-state index >= 15 is 0 Å². The topological polar surface area (TPSA) is 49.6 Å². The summed E-state index contributed by atoms with van der Waals surface area (Å²) in [5.74, 6) is 0. The maximum atomic E-state index is 11.0. The van der Waals surface area contributed by atoms with Crippen LogP contribution in [-0.4, -0.2) is 43.0 Å². The van der Waals surface area contributed by atoms with Crippen molar-refractivity contribution < 1.29 is 17.3 Å². The van der Waals surface area contributed by atoms with Gasteiger partial charge in [-0.3, -0.25) is 10.1 Å². The Labute approximate surface area is 117 Å². The molecule has 1 aromatic carbocycles. The summed E-state index contributed by atoms with van der Waals surface area (Å²) in [7, 11) is 2.05. The van der Waals surface area contributed by atoms with Crippen molar-refractivity contribution >= 4 is 23.0 Å². The van der Waals surface area contributed by atoms with Gasteiger partial charge in [0.05, 0.1) is 4.92 Å². The Morgan fingerprint density at radius 3 is 2.44 bits per heavy atom. The molecule has 5 nitrogen and oxygen atoms in total. The van der Waals surface area contributed by atoms with Crippen LogP contribution in [0.15, 0.2) is 18.2 Å². The fourth-order valence-electron chi connectivity index (χ4n) is 1.96. The van der Waals surface area contributed by atoms with Crippen LogP contribution < -0.4 is 17.3 Å². The quantitative estimate of drug-likeness (QED) is 0.518. The number of hydrogen-bond acceptors (Lipinski definition) is 4. The minimum Gasteiger partial charge on any atom is -1.00 e. The first-order valence-electron chi connectivity index (χ1n) is 5.45. The fraction of sp³-hybridized carbons (Fsp3) is 0.455. The highest BCUT2D eigenvalue weighted by Gasteiger charge is 2.22. The van der Waals surface area contributed by atoms with E-state index in [1.54, 1.807) is 12.1 Å². The molecule has 1 aliphatic rings. The van der Waals surface area contributed by atoms with Gasteiger partial charge in [0.1, 0.15) is 5.69 Å². The summed E-state index contributed by atoms with van der Waals surface area (Å²) < 4.78 is 0. The van der Waals surface area contributed by atoms with Crippen LogP contribution in [0.2, 0.25) is 5.02 Å². The van der Waals surface area contributed by atoms with Crippen LogP contribution in [-0.2, 0) is 0 Å². The van der Waals surface area contributed by atoms with E-state index in [4.69, 9.17) is 11.6 Å². The molecule has 0 bridgehead atoms. The average molecular weight is 291 g/mol. The molecule has 0 spiro atoms. The van der Waals surface area contributed by atoms with Crippen molar-refractivity contribution in [2.45, 2.75) is 0 Å². The van der Waals surface area contributed by atoms with E-state index < -0.39 is 0 Å². The molecule has 0 aliphatic carbocycles. The second kappa shape index (κ2) is 6.22. The lowest BCUT2D eigenvalue weighted by atomic mass is 10.2. The van der Waals surface area contributed by atoms with Gasteiger partial charge in [0.15, 0.2) is 0 Å². The number of likely N-dealkylation sites (N-methyl/N-ethyl adjacent to an activating group) is 1. The molecule has 1 aromatic rings. The zero-order valence-electron chi connectivity index (χ0n) is 9.97. The molecule has 0 aromatic heterocycles. The van der Waals surface area contributed by atoms with Crippen LogP contribution in [0.5, 0.6) is 0 Å². The van der Waals surface area contributed by atoms with Gasteiger partial charge in [0.25, 0.3) is 5.69 Å². The first-order valence-corrected chi connectivity index (χ1v) is 5.83. The van der Waals surface area contributed by atoms with Crippen molar-refractivity contribution in [1.82, 2.24) is 4.90 Å². The highest BCUT2D eigenvalue weighted by molar-refractivity contribution is 6.30. The Kier molecular flexibility index (Phi) is 5.19. The number of halogens is 2. The molecule has 0 unspecified atom stereocenters. The molecule has 0 saturated carbocycles. The molecular formula is C11H14Cl2N3O2-. The normalized spacial score (nSPS) is 16.2. The third kappa shape index (κ3) is 3.25. The Hall–Kier alpha value is -1.04. The summed E-state index contributed by atoms with van der Waals surface area (Å²) in [4.78, 5) is 14.9. The van der Waals surface area contributed by atoms with Gasteiger partial charge >= 0.3 is 0 Å². The third-order valence-electron chi connectivity index (χ3n) is 2.98. The summed E-state index contributed by atoms with van der Waals surface area (Å²) >= 11 is 5.79. The van der Waals surface area contributed by atoms with Gasteiger partial charge < -0.3 is 22.2 Å². The second-order valence-corrected chi connectivity index (χ2v) is 4.62. The number of rotatable bonds is 2. The fourth-order valence-corrected chi connectivity index (χ4v) is 2.12. The number of nitro benzene ring substituents is 1. The second-order valence-electron chi connectivity index (χ2n) is 4.18. The summed E-state index contributed by atoms with van der Waals surface area (Å²) in [6.07, 6.45) is 0. The zero-order chi connectivity index (χ0) is 12.4. The zero-order valence-corrected chi connectivity index (χ0v) is 11.5. The van der Waals surface area contributed by atoms with Crippen molar-refractivity contribution in [3.63, 3.8) is 0 Å². The van der Waals surface area contributed by atoms with Crippen molar-refractivity contribution in [1.29, 1.82) is 0 Å². The summed E-state index contributed by atoms with van der Waals surface area (Å²) in [6.45, 7) is 3.44. The first-order chi connectivity index (χ1) is 8.08. The number of nitro groups is 1. The molecule has 18 heavy (non-hydrogen) atoms. The van der Waals surface area contributed by atoms with E-state index in [0.717, 1.165) is 26.2 Å². The largest absolute Gasteiger partial charge is 1.00 e. The van der Waals surface area contributed by atoms with E-state index in [1.807, 2.05) is 11.9 Å². The maximum absolute atomic E-state index is 11.0. The van der Waals surface area contributed by atoms with Crippen molar-refractivity contribution in [3.05, 3.63) is 33.3 Å².